The van der Waals surface area contributed by atoms with E-state index in [1.807, 2.05) is 0 Å². The van der Waals surface area contributed by atoms with Crippen molar-refractivity contribution < 1.29 is 4.39 Å². The maximum absolute atomic E-state index is 13.5. The van der Waals surface area contributed by atoms with Crippen LogP contribution < -0.4 is 5.32 Å². The standard InChI is InChI=1S/C16H17ClFN/c1-12-3-2-4-13(9-12)7-8-19-11-14-10-15(17)5-6-16(14)18/h2-6,9-10,19H,7-8,11H2,1H3. The van der Waals surface area contributed by atoms with Gasteiger partial charge >= 0.3 is 0 Å². The Balaban J connectivity index is 1.82. The highest BCUT2D eigenvalue weighted by Gasteiger charge is 2.02. The van der Waals surface area contributed by atoms with E-state index < -0.39 is 0 Å². The van der Waals surface area contributed by atoms with Gasteiger partial charge in [-0.3, -0.25) is 0 Å². The van der Waals surface area contributed by atoms with E-state index in [-0.39, 0.29) is 5.82 Å². The molecule has 0 saturated carbocycles. The average molecular weight is 278 g/mol. The van der Waals surface area contributed by atoms with Gasteiger partial charge in [-0.1, -0.05) is 41.4 Å². The SMILES string of the molecule is Cc1cccc(CCNCc2cc(Cl)ccc2F)c1. The van der Waals surface area contributed by atoms with Gasteiger partial charge in [-0.2, -0.15) is 0 Å². The van der Waals surface area contributed by atoms with Gasteiger partial charge < -0.3 is 5.32 Å². The van der Waals surface area contributed by atoms with Crippen LogP contribution in [0, 0.1) is 12.7 Å². The van der Waals surface area contributed by atoms with Crippen molar-refractivity contribution in [2.45, 2.75) is 19.9 Å². The van der Waals surface area contributed by atoms with Gasteiger partial charge in [0.2, 0.25) is 0 Å². The van der Waals surface area contributed by atoms with E-state index in [1.165, 1.54) is 17.2 Å². The lowest BCUT2D eigenvalue weighted by Crippen LogP contribution is -2.17. The molecule has 0 heterocycles. The molecule has 0 bridgehead atoms. The molecule has 2 rings (SSSR count). The molecule has 0 radical (unpaired) electrons. The molecule has 0 spiro atoms. The molecule has 1 nitrogen and oxygen atoms in total. The van der Waals surface area contributed by atoms with Crippen molar-refractivity contribution in [1.82, 2.24) is 5.32 Å². The summed E-state index contributed by atoms with van der Waals surface area (Å²) in [5, 5.41) is 3.81. The first-order valence-corrected chi connectivity index (χ1v) is 6.73. The number of aryl methyl sites for hydroxylation is 1. The Morgan fingerprint density at radius 1 is 1.16 bits per heavy atom. The highest BCUT2D eigenvalue weighted by molar-refractivity contribution is 6.30. The number of nitrogens with one attached hydrogen (secondary N) is 1. The molecule has 3 heteroatoms. The number of rotatable bonds is 5. The molecule has 0 fully saturated rings. The molecule has 0 saturated heterocycles. The van der Waals surface area contributed by atoms with Crippen molar-refractivity contribution in [3.8, 4) is 0 Å². The molecule has 0 unspecified atom stereocenters. The summed E-state index contributed by atoms with van der Waals surface area (Å²) in [6.45, 7) is 3.39. The zero-order chi connectivity index (χ0) is 13.7. The van der Waals surface area contributed by atoms with Crippen molar-refractivity contribution in [3.63, 3.8) is 0 Å². The van der Waals surface area contributed by atoms with Crippen LogP contribution in [0.25, 0.3) is 0 Å². The van der Waals surface area contributed by atoms with Gasteiger partial charge in [0.1, 0.15) is 5.82 Å². The minimum Gasteiger partial charge on any atom is -0.312 e. The Morgan fingerprint density at radius 2 is 2.00 bits per heavy atom. The summed E-state index contributed by atoms with van der Waals surface area (Å²) < 4.78 is 13.5. The first-order chi connectivity index (χ1) is 9.15. The smallest absolute Gasteiger partial charge is 0.127 e. The van der Waals surface area contributed by atoms with Crippen molar-refractivity contribution >= 4 is 11.6 Å². The maximum atomic E-state index is 13.5. The van der Waals surface area contributed by atoms with Gasteiger partial charge in [0.05, 0.1) is 0 Å². The molecular weight excluding hydrogens is 261 g/mol. The number of halogens is 2. The normalized spacial score (nSPS) is 10.7. The third kappa shape index (κ3) is 4.34. The van der Waals surface area contributed by atoms with E-state index in [0.717, 1.165) is 13.0 Å². The molecule has 0 atom stereocenters. The Labute approximate surface area is 118 Å². The van der Waals surface area contributed by atoms with Gasteiger partial charge in [-0.15, -0.1) is 0 Å². The van der Waals surface area contributed by atoms with Gasteiger partial charge in [-0.25, -0.2) is 4.39 Å². The molecule has 2 aromatic carbocycles. The minimum absolute atomic E-state index is 0.215. The largest absolute Gasteiger partial charge is 0.312 e. The highest BCUT2D eigenvalue weighted by atomic mass is 35.5. The van der Waals surface area contributed by atoms with E-state index in [0.29, 0.717) is 17.1 Å². The molecule has 19 heavy (non-hydrogen) atoms. The molecule has 0 aliphatic heterocycles. The summed E-state index contributed by atoms with van der Waals surface area (Å²) in [6, 6.07) is 13.0. The highest BCUT2D eigenvalue weighted by Crippen LogP contribution is 2.14. The Bertz CT molecular complexity index is 554. The summed E-state index contributed by atoms with van der Waals surface area (Å²) in [4.78, 5) is 0. The van der Waals surface area contributed by atoms with Crippen LogP contribution in [0.3, 0.4) is 0 Å². The van der Waals surface area contributed by atoms with E-state index in [1.54, 1.807) is 12.1 Å². The monoisotopic (exact) mass is 277 g/mol. The molecule has 1 N–H and O–H groups in total. The predicted molar refractivity (Wildman–Crippen MR) is 78.0 cm³/mol. The minimum atomic E-state index is -0.215. The van der Waals surface area contributed by atoms with Crippen LogP contribution in [0.2, 0.25) is 5.02 Å². The summed E-state index contributed by atoms with van der Waals surface area (Å²) in [7, 11) is 0. The first kappa shape index (κ1) is 14.0. The van der Waals surface area contributed by atoms with Crippen molar-refractivity contribution in [1.29, 1.82) is 0 Å². The maximum Gasteiger partial charge on any atom is 0.127 e. The van der Waals surface area contributed by atoms with Crippen LogP contribution in [0.4, 0.5) is 4.39 Å². The van der Waals surface area contributed by atoms with Crippen LogP contribution in [0.15, 0.2) is 42.5 Å². The lowest BCUT2D eigenvalue weighted by molar-refractivity contribution is 0.588. The molecule has 100 valence electrons. The Morgan fingerprint density at radius 3 is 2.79 bits per heavy atom. The molecular formula is C16H17ClFN. The van der Waals surface area contributed by atoms with Gasteiger partial charge in [0, 0.05) is 17.1 Å². The Hall–Kier alpha value is -1.38. The Kier molecular flexibility index (Phi) is 4.94. The zero-order valence-corrected chi connectivity index (χ0v) is 11.7. The average Bonchev–Trinajstić information content (AvgIpc) is 2.39. The lowest BCUT2D eigenvalue weighted by atomic mass is 10.1. The van der Waals surface area contributed by atoms with Crippen molar-refractivity contribution in [2.24, 2.45) is 0 Å². The molecule has 0 aliphatic carbocycles. The quantitative estimate of drug-likeness (QED) is 0.811. The fourth-order valence-corrected chi connectivity index (χ4v) is 2.20. The summed E-state index contributed by atoms with van der Waals surface area (Å²) in [5.74, 6) is -0.215. The number of hydrogen-bond donors (Lipinski definition) is 1. The first-order valence-electron chi connectivity index (χ1n) is 6.35. The van der Waals surface area contributed by atoms with Crippen LogP contribution in [-0.2, 0) is 13.0 Å². The fraction of sp³-hybridized carbons (Fsp3) is 0.250. The summed E-state index contributed by atoms with van der Waals surface area (Å²) in [5.41, 5.74) is 3.16. The van der Waals surface area contributed by atoms with Crippen LogP contribution >= 0.6 is 11.6 Å². The molecule has 0 aromatic heterocycles. The second-order valence-corrected chi connectivity index (χ2v) is 5.09. The fourth-order valence-electron chi connectivity index (χ4n) is 2.00. The lowest BCUT2D eigenvalue weighted by Gasteiger charge is -2.07. The van der Waals surface area contributed by atoms with Crippen LogP contribution in [0.5, 0.6) is 0 Å². The van der Waals surface area contributed by atoms with E-state index in [4.69, 9.17) is 11.6 Å². The third-order valence-corrected chi connectivity index (χ3v) is 3.23. The second kappa shape index (κ2) is 6.69. The van der Waals surface area contributed by atoms with Gasteiger partial charge in [0.15, 0.2) is 0 Å². The number of benzene rings is 2. The number of hydrogen-bond acceptors (Lipinski definition) is 1. The molecule has 0 aliphatic rings. The van der Waals surface area contributed by atoms with E-state index in [2.05, 4.69) is 36.5 Å². The molecule has 0 amide bonds. The van der Waals surface area contributed by atoms with E-state index >= 15 is 0 Å². The van der Waals surface area contributed by atoms with Crippen molar-refractivity contribution in [3.05, 3.63) is 70.0 Å². The predicted octanol–water partition coefficient (Wildman–Crippen LogP) is 4.12. The topological polar surface area (TPSA) is 12.0 Å². The van der Waals surface area contributed by atoms with Crippen molar-refractivity contribution in [2.75, 3.05) is 6.54 Å². The van der Waals surface area contributed by atoms with Gasteiger partial charge in [0.25, 0.3) is 0 Å². The molecule has 2 aromatic rings. The van der Waals surface area contributed by atoms with Crippen LogP contribution in [-0.4, -0.2) is 6.54 Å². The van der Waals surface area contributed by atoms with E-state index in [9.17, 15) is 4.39 Å². The summed E-state index contributed by atoms with van der Waals surface area (Å²) >= 11 is 5.85. The summed E-state index contributed by atoms with van der Waals surface area (Å²) in [6.07, 6.45) is 0.934. The van der Waals surface area contributed by atoms with Crippen LogP contribution in [0.1, 0.15) is 16.7 Å². The zero-order valence-electron chi connectivity index (χ0n) is 10.9. The third-order valence-electron chi connectivity index (χ3n) is 3.00. The van der Waals surface area contributed by atoms with Gasteiger partial charge in [-0.05, 0) is 43.7 Å². The second-order valence-electron chi connectivity index (χ2n) is 4.65.